The SMILES string of the molecule is N#Cc1cnc(NCc2ccccc2Cl)nc1NCC12CC3C[C@H](C1)C(=O)[C@@H](C3)C2. The number of anilines is 2. The fourth-order valence-corrected chi connectivity index (χ4v) is 6.10. The van der Waals surface area contributed by atoms with Gasteiger partial charge in [0, 0.05) is 29.9 Å². The summed E-state index contributed by atoms with van der Waals surface area (Å²) in [5.41, 5.74) is 1.53. The van der Waals surface area contributed by atoms with Gasteiger partial charge in [-0.1, -0.05) is 29.8 Å². The van der Waals surface area contributed by atoms with E-state index >= 15 is 0 Å². The Kier molecular flexibility index (Phi) is 4.86. The minimum absolute atomic E-state index is 0.146. The maximum Gasteiger partial charge on any atom is 0.224 e. The summed E-state index contributed by atoms with van der Waals surface area (Å²) in [7, 11) is 0. The third-order valence-corrected chi connectivity index (χ3v) is 7.42. The zero-order chi connectivity index (χ0) is 20.7. The van der Waals surface area contributed by atoms with Gasteiger partial charge in [0.1, 0.15) is 23.2 Å². The Balaban J connectivity index is 1.30. The van der Waals surface area contributed by atoms with Crippen LogP contribution in [0.3, 0.4) is 0 Å². The molecule has 1 heterocycles. The Bertz CT molecular complexity index is 1010. The van der Waals surface area contributed by atoms with E-state index in [1.165, 1.54) is 6.42 Å². The van der Waals surface area contributed by atoms with Crippen molar-refractivity contribution in [2.75, 3.05) is 17.2 Å². The molecule has 2 unspecified atom stereocenters. The van der Waals surface area contributed by atoms with E-state index in [2.05, 4.69) is 26.7 Å². The summed E-state index contributed by atoms with van der Waals surface area (Å²) in [5.74, 6) is 2.66. The molecule has 7 heteroatoms. The van der Waals surface area contributed by atoms with Gasteiger partial charge in [-0.15, -0.1) is 0 Å². The number of hydrogen-bond acceptors (Lipinski definition) is 6. The number of halogens is 1. The van der Waals surface area contributed by atoms with Crippen molar-refractivity contribution in [2.45, 2.75) is 38.6 Å². The van der Waals surface area contributed by atoms with Gasteiger partial charge in [0.15, 0.2) is 0 Å². The number of aromatic nitrogens is 2. The number of hydrogen-bond donors (Lipinski definition) is 2. The van der Waals surface area contributed by atoms with Crippen molar-refractivity contribution in [3.05, 3.63) is 46.6 Å². The van der Waals surface area contributed by atoms with Gasteiger partial charge in [0.25, 0.3) is 0 Å². The van der Waals surface area contributed by atoms with E-state index in [0.717, 1.165) is 37.8 Å². The van der Waals surface area contributed by atoms with Gasteiger partial charge in [-0.05, 0) is 55.1 Å². The molecule has 1 aromatic carbocycles. The number of benzene rings is 1. The topological polar surface area (TPSA) is 90.7 Å². The maximum atomic E-state index is 12.4. The fraction of sp³-hybridized carbons (Fsp3) is 0.478. The Morgan fingerprint density at radius 3 is 2.67 bits per heavy atom. The molecule has 4 fully saturated rings. The van der Waals surface area contributed by atoms with Crippen LogP contribution in [0.2, 0.25) is 5.02 Å². The van der Waals surface area contributed by atoms with E-state index in [1.54, 1.807) is 6.20 Å². The van der Waals surface area contributed by atoms with Crippen LogP contribution in [0.25, 0.3) is 0 Å². The second kappa shape index (κ2) is 7.55. The third kappa shape index (κ3) is 3.52. The molecule has 4 aliphatic rings. The van der Waals surface area contributed by atoms with E-state index in [4.69, 9.17) is 11.6 Å². The zero-order valence-electron chi connectivity index (χ0n) is 16.7. The Hall–Kier alpha value is -2.65. The van der Waals surface area contributed by atoms with Crippen LogP contribution >= 0.6 is 11.6 Å². The van der Waals surface area contributed by atoms with Gasteiger partial charge in [0.05, 0.1) is 6.20 Å². The molecule has 0 saturated heterocycles. The summed E-state index contributed by atoms with van der Waals surface area (Å²) in [6.45, 7) is 1.25. The molecule has 30 heavy (non-hydrogen) atoms. The van der Waals surface area contributed by atoms with Crippen molar-refractivity contribution in [1.82, 2.24) is 9.97 Å². The van der Waals surface area contributed by atoms with Crippen LogP contribution < -0.4 is 10.6 Å². The molecule has 4 bridgehead atoms. The normalized spacial score (nSPS) is 28.9. The molecule has 0 spiro atoms. The summed E-state index contributed by atoms with van der Waals surface area (Å²) >= 11 is 6.22. The van der Waals surface area contributed by atoms with Crippen molar-refractivity contribution in [2.24, 2.45) is 23.2 Å². The lowest BCUT2D eigenvalue weighted by molar-refractivity contribution is -0.146. The smallest absolute Gasteiger partial charge is 0.224 e. The number of nitrogens with one attached hydrogen (secondary N) is 2. The minimum atomic E-state index is 0.146. The predicted molar refractivity (Wildman–Crippen MR) is 115 cm³/mol. The largest absolute Gasteiger partial charge is 0.368 e. The van der Waals surface area contributed by atoms with Gasteiger partial charge in [-0.2, -0.15) is 10.2 Å². The van der Waals surface area contributed by atoms with Crippen LogP contribution in [0, 0.1) is 34.5 Å². The molecule has 2 aromatic rings. The molecule has 4 saturated carbocycles. The Morgan fingerprint density at radius 1 is 1.17 bits per heavy atom. The number of rotatable bonds is 6. The van der Waals surface area contributed by atoms with Crippen LogP contribution in [-0.4, -0.2) is 22.3 Å². The first-order valence-corrected chi connectivity index (χ1v) is 10.9. The van der Waals surface area contributed by atoms with Crippen molar-refractivity contribution in [3.8, 4) is 6.07 Å². The molecule has 6 rings (SSSR count). The average Bonchev–Trinajstić information content (AvgIpc) is 2.75. The van der Waals surface area contributed by atoms with E-state index in [9.17, 15) is 10.1 Å². The van der Waals surface area contributed by atoms with Gasteiger partial charge < -0.3 is 10.6 Å². The number of nitriles is 1. The minimum Gasteiger partial charge on any atom is -0.368 e. The molecular weight excluding hydrogens is 398 g/mol. The molecule has 6 nitrogen and oxygen atoms in total. The van der Waals surface area contributed by atoms with Crippen LogP contribution in [0.4, 0.5) is 11.8 Å². The van der Waals surface area contributed by atoms with E-state index < -0.39 is 0 Å². The first-order chi connectivity index (χ1) is 14.5. The fourth-order valence-electron chi connectivity index (χ4n) is 5.90. The molecule has 4 atom stereocenters. The average molecular weight is 422 g/mol. The van der Waals surface area contributed by atoms with Crippen molar-refractivity contribution in [3.63, 3.8) is 0 Å². The lowest BCUT2D eigenvalue weighted by atomic mass is 9.49. The Labute approximate surface area is 181 Å². The monoisotopic (exact) mass is 421 g/mol. The third-order valence-electron chi connectivity index (χ3n) is 7.06. The highest BCUT2D eigenvalue weighted by Gasteiger charge is 2.54. The van der Waals surface area contributed by atoms with E-state index in [0.29, 0.717) is 40.6 Å². The van der Waals surface area contributed by atoms with Crippen molar-refractivity contribution >= 4 is 29.2 Å². The van der Waals surface area contributed by atoms with Crippen molar-refractivity contribution in [1.29, 1.82) is 5.26 Å². The van der Waals surface area contributed by atoms with Gasteiger partial charge in [-0.3, -0.25) is 4.79 Å². The summed E-state index contributed by atoms with van der Waals surface area (Å²) in [6, 6.07) is 9.81. The second-order valence-corrected chi connectivity index (χ2v) is 9.52. The molecule has 1 aromatic heterocycles. The molecule has 4 aliphatic carbocycles. The summed E-state index contributed by atoms with van der Waals surface area (Å²) in [4.78, 5) is 21.3. The standard InChI is InChI=1S/C23H24ClN5O/c24-19-4-2-1-3-15(19)11-26-22-27-12-18(10-25)21(29-22)28-13-23-7-14-5-16(8-23)20(30)17(6-14)9-23/h1-4,12,14,16-17H,5-9,11,13H2,(H2,26,27,28,29)/t14?,16-,17+,23?. The van der Waals surface area contributed by atoms with Gasteiger partial charge >= 0.3 is 0 Å². The molecule has 0 radical (unpaired) electrons. The summed E-state index contributed by atoms with van der Waals surface area (Å²) in [6.07, 6.45) is 6.81. The first-order valence-electron chi connectivity index (χ1n) is 10.6. The summed E-state index contributed by atoms with van der Waals surface area (Å²) < 4.78 is 0. The quantitative estimate of drug-likeness (QED) is 0.717. The predicted octanol–water partition coefficient (Wildman–Crippen LogP) is 4.42. The first kappa shape index (κ1) is 19.3. The highest BCUT2D eigenvalue weighted by molar-refractivity contribution is 6.31. The number of nitrogens with zero attached hydrogens (tertiary/aromatic N) is 3. The molecule has 0 aliphatic heterocycles. The Morgan fingerprint density at radius 2 is 1.93 bits per heavy atom. The van der Waals surface area contributed by atoms with Crippen LogP contribution in [0.5, 0.6) is 0 Å². The van der Waals surface area contributed by atoms with Crippen molar-refractivity contribution < 1.29 is 4.79 Å². The number of Topliss-reactive ketones (excluding diaryl/α,β-unsaturated/α-hetero) is 1. The highest BCUT2D eigenvalue weighted by atomic mass is 35.5. The van der Waals surface area contributed by atoms with E-state index in [-0.39, 0.29) is 17.3 Å². The lowest BCUT2D eigenvalue weighted by Crippen LogP contribution is -2.53. The van der Waals surface area contributed by atoms with Crippen LogP contribution in [0.1, 0.15) is 43.2 Å². The molecule has 154 valence electrons. The number of carbonyl (C=O) groups is 1. The van der Waals surface area contributed by atoms with Crippen LogP contribution in [-0.2, 0) is 11.3 Å². The van der Waals surface area contributed by atoms with Gasteiger partial charge in [0.2, 0.25) is 5.95 Å². The highest BCUT2D eigenvalue weighted by Crippen LogP contribution is 2.58. The molecule has 0 amide bonds. The number of ketones is 1. The lowest BCUT2D eigenvalue weighted by Gasteiger charge is -2.55. The maximum absolute atomic E-state index is 12.4. The van der Waals surface area contributed by atoms with E-state index in [1.807, 2.05) is 24.3 Å². The molecular formula is C23H24ClN5O. The van der Waals surface area contributed by atoms with Crippen LogP contribution in [0.15, 0.2) is 30.5 Å². The van der Waals surface area contributed by atoms with Gasteiger partial charge in [-0.25, -0.2) is 4.98 Å². The zero-order valence-corrected chi connectivity index (χ0v) is 17.5. The summed E-state index contributed by atoms with van der Waals surface area (Å²) in [5, 5.41) is 16.8. The molecule has 2 N–H and O–H groups in total. The number of carbonyl (C=O) groups excluding carboxylic acids is 1. The second-order valence-electron chi connectivity index (χ2n) is 9.11.